The molecule has 4 atom stereocenters. The number of aliphatic hydroxyl groups excluding tert-OH is 1. The fourth-order valence-corrected chi connectivity index (χ4v) is 2.78. The van der Waals surface area contributed by atoms with Gasteiger partial charge in [-0.25, -0.2) is 4.79 Å². The number of amides is 3. The van der Waals surface area contributed by atoms with E-state index in [4.69, 9.17) is 10.8 Å². The topological polar surface area (TPSA) is 171 Å². The molecule has 3 amide bonds. The van der Waals surface area contributed by atoms with Crippen LogP contribution in [0.3, 0.4) is 0 Å². The molecule has 0 saturated heterocycles. The van der Waals surface area contributed by atoms with E-state index < -0.39 is 47.9 Å². The third-order valence-corrected chi connectivity index (χ3v) is 4.44. The van der Waals surface area contributed by atoms with Crippen molar-refractivity contribution >= 4 is 35.5 Å². The largest absolute Gasteiger partial charge is 0.480 e. The third kappa shape index (κ3) is 10.5. The Balaban J connectivity index is 4.80. The highest BCUT2D eigenvalue weighted by Gasteiger charge is 2.29. The molecule has 0 bridgehead atoms. The molecule has 28 heavy (non-hydrogen) atoms. The van der Waals surface area contributed by atoms with E-state index in [1.165, 1.54) is 18.7 Å². The smallest absolute Gasteiger partial charge is 0.328 e. The summed E-state index contributed by atoms with van der Waals surface area (Å²) in [6, 6.07) is -3.22. The summed E-state index contributed by atoms with van der Waals surface area (Å²) in [6.07, 6.45) is 1.25. The zero-order valence-electron chi connectivity index (χ0n) is 16.7. The minimum absolute atomic E-state index is 0.227. The quantitative estimate of drug-likeness (QED) is 0.213. The van der Waals surface area contributed by atoms with Gasteiger partial charge in [0.25, 0.3) is 0 Å². The Bertz CT molecular complexity index is 544. The highest BCUT2D eigenvalue weighted by molar-refractivity contribution is 7.98. The first-order valence-corrected chi connectivity index (χ1v) is 10.4. The van der Waals surface area contributed by atoms with Crippen molar-refractivity contribution in [3.8, 4) is 0 Å². The number of nitrogens with one attached hydrogen (secondary N) is 3. The van der Waals surface area contributed by atoms with Crippen molar-refractivity contribution in [1.29, 1.82) is 0 Å². The van der Waals surface area contributed by atoms with E-state index in [2.05, 4.69) is 16.0 Å². The summed E-state index contributed by atoms with van der Waals surface area (Å²) in [6.45, 7) is 4.73. The molecular formula is C17H32N4O6S. The van der Waals surface area contributed by atoms with Crippen molar-refractivity contribution in [3.63, 3.8) is 0 Å². The molecule has 162 valence electrons. The van der Waals surface area contributed by atoms with Gasteiger partial charge in [0.1, 0.15) is 6.04 Å². The number of aliphatic hydroxyl groups is 1. The number of nitrogens with two attached hydrogens (primary N) is 1. The first kappa shape index (κ1) is 26.1. The Morgan fingerprint density at radius 2 is 1.68 bits per heavy atom. The van der Waals surface area contributed by atoms with Crippen LogP contribution in [-0.2, 0) is 19.2 Å². The lowest BCUT2D eigenvalue weighted by Crippen LogP contribution is -2.56. The molecule has 0 radical (unpaired) electrons. The van der Waals surface area contributed by atoms with Gasteiger partial charge in [0.05, 0.1) is 18.7 Å². The van der Waals surface area contributed by atoms with E-state index in [0.29, 0.717) is 12.2 Å². The first-order valence-electron chi connectivity index (χ1n) is 9.02. The van der Waals surface area contributed by atoms with Gasteiger partial charge in [0.15, 0.2) is 6.04 Å². The van der Waals surface area contributed by atoms with Gasteiger partial charge in [-0.1, -0.05) is 13.8 Å². The molecule has 11 heteroatoms. The Hall–Kier alpha value is -1.85. The maximum atomic E-state index is 12.4. The molecule has 0 fully saturated rings. The van der Waals surface area contributed by atoms with Gasteiger partial charge in [0.2, 0.25) is 17.7 Å². The number of rotatable bonds is 13. The monoisotopic (exact) mass is 420 g/mol. The lowest BCUT2D eigenvalue weighted by atomic mass is 10.0. The number of carboxylic acids is 1. The van der Waals surface area contributed by atoms with E-state index in [-0.39, 0.29) is 18.9 Å². The molecule has 0 rings (SSSR count). The van der Waals surface area contributed by atoms with Crippen LogP contribution in [0.15, 0.2) is 0 Å². The zero-order valence-corrected chi connectivity index (χ0v) is 17.5. The van der Waals surface area contributed by atoms with E-state index in [0.717, 1.165) is 0 Å². The summed E-state index contributed by atoms with van der Waals surface area (Å²) in [4.78, 5) is 47.5. The first-order chi connectivity index (χ1) is 13.0. The Morgan fingerprint density at radius 3 is 2.14 bits per heavy atom. The summed E-state index contributed by atoms with van der Waals surface area (Å²) in [5.74, 6) is -2.41. The number of hydrogen-bond acceptors (Lipinski definition) is 7. The van der Waals surface area contributed by atoms with Crippen LogP contribution >= 0.6 is 11.8 Å². The third-order valence-electron chi connectivity index (χ3n) is 3.79. The van der Waals surface area contributed by atoms with Gasteiger partial charge in [-0.05, 0) is 37.7 Å². The molecule has 0 aromatic heterocycles. The van der Waals surface area contributed by atoms with Crippen LogP contribution in [0, 0.1) is 5.92 Å². The fourth-order valence-electron chi connectivity index (χ4n) is 2.31. The second-order valence-corrected chi connectivity index (χ2v) is 7.91. The van der Waals surface area contributed by atoms with Crippen molar-refractivity contribution < 1.29 is 29.4 Å². The molecule has 0 aliphatic carbocycles. The number of hydrogen-bond donors (Lipinski definition) is 6. The lowest BCUT2D eigenvalue weighted by Gasteiger charge is -2.23. The average Bonchev–Trinajstić information content (AvgIpc) is 2.59. The molecule has 0 heterocycles. The molecular weight excluding hydrogens is 388 g/mol. The molecule has 0 aliphatic heterocycles. The predicted molar refractivity (Wildman–Crippen MR) is 107 cm³/mol. The van der Waals surface area contributed by atoms with Crippen molar-refractivity contribution in [3.05, 3.63) is 0 Å². The number of carbonyl (C=O) groups is 4. The van der Waals surface area contributed by atoms with Crippen LogP contribution in [0.25, 0.3) is 0 Å². The van der Waals surface area contributed by atoms with E-state index in [1.807, 2.05) is 20.1 Å². The van der Waals surface area contributed by atoms with Crippen LogP contribution in [0.1, 0.15) is 33.6 Å². The molecule has 0 spiro atoms. The summed E-state index contributed by atoms with van der Waals surface area (Å²) in [5.41, 5.74) is 5.74. The van der Waals surface area contributed by atoms with Crippen LogP contribution < -0.4 is 21.7 Å². The number of aliphatic carboxylic acids is 1. The van der Waals surface area contributed by atoms with Gasteiger partial charge in [-0.2, -0.15) is 11.8 Å². The SMILES string of the molecule is CSCCC(NC(=O)CNC(=O)C(N)CC(C)C)C(=O)NC(C(=O)O)C(C)O. The molecule has 7 N–H and O–H groups in total. The van der Waals surface area contributed by atoms with Gasteiger partial charge < -0.3 is 31.9 Å². The minimum atomic E-state index is -1.49. The fraction of sp³-hybridized carbons (Fsp3) is 0.765. The zero-order chi connectivity index (χ0) is 21.9. The van der Waals surface area contributed by atoms with Gasteiger partial charge in [-0.3, -0.25) is 14.4 Å². The van der Waals surface area contributed by atoms with Crippen LogP contribution in [0.4, 0.5) is 0 Å². The average molecular weight is 421 g/mol. The normalized spacial score (nSPS) is 15.2. The van der Waals surface area contributed by atoms with Crippen LogP contribution in [0.2, 0.25) is 0 Å². The highest BCUT2D eigenvalue weighted by atomic mass is 32.2. The molecule has 10 nitrogen and oxygen atoms in total. The Labute approximate surface area is 169 Å². The number of thioether (sulfide) groups is 1. The minimum Gasteiger partial charge on any atom is -0.480 e. The lowest BCUT2D eigenvalue weighted by molar-refractivity contribution is -0.145. The van der Waals surface area contributed by atoms with E-state index >= 15 is 0 Å². The maximum absolute atomic E-state index is 12.4. The number of carboxylic acid groups (broad SMARTS) is 1. The van der Waals surface area contributed by atoms with Crippen molar-refractivity contribution in [2.45, 2.75) is 57.8 Å². The molecule has 0 saturated carbocycles. The van der Waals surface area contributed by atoms with Crippen molar-refractivity contribution in [2.24, 2.45) is 11.7 Å². The standard InChI is InChI=1S/C17H32N4O6S/c1-9(2)7-11(18)15(24)19-8-13(23)20-12(5-6-28-4)16(25)21-14(10(3)22)17(26)27/h9-12,14,22H,5-8,18H2,1-4H3,(H,19,24)(H,20,23)(H,21,25)(H,26,27). The molecule has 4 unspecified atom stereocenters. The predicted octanol–water partition coefficient (Wildman–Crippen LogP) is -1.34. The summed E-state index contributed by atoms with van der Waals surface area (Å²) in [7, 11) is 0. The maximum Gasteiger partial charge on any atom is 0.328 e. The van der Waals surface area contributed by atoms with Crippen molar-refractivity contribution in [1.82, 2.24) is 16.0 Å². The van der Waals surface area contributed by atoms with Crippen molar-refractivity contribution in [2.75, 3.05) is 18.6 Å². The Kier molecular flexibility index (Phi) is 12.5. The van der Waals surface area contributed by atoms with E-state index in [9.17, 15) is 24.3 Å². The van der Waals surface area contributed by atoms with Crippen LogP contribution in [-0.4, -0.2) is 76.7 Å². The second-order valence-electron chi connectivity index (χ2n) is 6.92. The summed E-state index contributed by atoms with van der Waals surface area (Å²) in [5, 5.41) is 25.7. The van der Waals surface area contributed by atoms with Gasteiger partial charge >= 0.3 is 5.97 Å². The Morgan fingerprint density at radius 1 is 1.07 bits per heavy atom. The molecule has 0 aromatic rings. The summed E-state index contributed by atoms with van der Waals surface area (Å²) >= 11 is 1.45. The molecule has 0 aliphatic rings. The van der Waals surface area contributed by atoms with Gasteiger partial charge in [-0.15, -0.1) is 0 Å². The van der Waals surface area contributed by atoms with Crippen LogP contribution in [0.5, 0.6) is 0 Å². The molecule has 0 aromatic carbocycles. The van der Waals surface area contributed by atoms with E-state index in [1.54, 1.807) is 0 Å². The second kappa shape index (κ2) is 13.3. The highest BCUT2D eigenvalue weighted by Crippen LogP contribution is 2.04. The van der Waals surface area contributed by atoms with Gasteiger partial charge in [0, 0.05) is 0 Å². The number of carbonyl (C=O) groups excluding carboxylic acids is 3. The summed E-state index contributed by atoms with van der Waals surface area (Å²) < 4.78 is 0.